The van der Waals surface area contributed by atoms with Gasteiger partial charge >= 0.3 is 8.56 Å². The molecule has 24 heavy (non-hydrogen) atoms. The fourth-order valence-corrected chi connectivity index (χ4v) is 17.6. The average Bonchev–Trinajstić information content (AvgIpc) is 2.50. The van der Waals surface area contributed by atoms with Crippen LogP contribution in [0.3, 0.4) is 0 Å². The summed E-state index contributed by atoms with van der Waals surface area (Å²) in [6, 6.07) is 4.66. The van der Waals surface area contributed by atoms with Crippen LogP contribution in [0.1, 0.15) is 6.42 Å². The van der Waals surface area contributed by atoms with Crippen LogP contribution in [0.15, 0.2) is 0 Å². The lowest BCUT2D eigenvalue weighted by Gasteiger charge is -2.35. The topological polar surface area (TPSA) is 46.2 Å². The van der Waals surface area contributed by atoms with Gasteiger partial charge in [-0.3, -0.25) is 0 Å². The van der Waals surface area contributed by atoms with Crippen LogP contribution >= 0.6 is 0 Å². The summed E-state index contributed by atoms with van der Waals surface area (Å²) < 4.78 is 28.5. The zero-order chi connectivity index (χ0) is 18.9. The fraction of sp³-hybridized carbons (Fsp3) is 1.00. The fourth-order valence-electron chi connectivity index (χ4n) is 3.00. The minimum absolute atomic E-state index is 0.0470. The minimum Gasteiger partial charge on any atom is -0.456 e. The van der Waals surface area contributed by atoms with Crippen molar-refractivity contribution in [1.29, 1.82) is 0 Å². The van der Waals surface area contributed by atoms with Crippen molar-refractivity contribution in [1.82, 2.24) is 0 Å². The molecule has 0 spiro atoms. The number of methoxy groups -OCH3 is 2. The van der Waals surface area contributed by atoms with E-state index < -0.39 is 25.2 Å². The van der Waals surface area contributed by atoms with Crippen LogP contribution in [-0.4, -0.2) is 69.1 Å². The molecule has 0 aromatic rings. The van der Waals surface area contributed by atoms with E-state index in [4.69, 9.17) is 22.4 Å². The number of hydrogen-bond acceptors (Lipinski definition) is 5. The molecule has 0 aromatic carbocycles. The molecule has 0 aliphatic heterocycles. The second-order valence-corrected chi connectivity index (χ2v) is 22.2. The zero-order valence-electron chi connectivity index (χ0n) is 17.4. The maximum Gasteiger partial charge on any atom is 0.334 e. The van der Waals surface area contributed by atoms with Gasteiger partial charge in [0.05, 0.1) is 9.52 Å². The molecule has 0 amide bonds. The Kier molecular flexibility index (Phi) is 11.7. The molecule has 0 N–H and O–H groups in total. The molecule has 0 aliphatic carbocycles. The molecular weight excluding hydrogens is 373 g/mol. The van der Waals surface area contributed by atoms with Crippen LogP contribution in [0.4, 0.5) is 0 Å². The smallest absolute Gasteiger partial charge is 0.334 e. The zero-order valence-corrected chi connectivity index (χ0v) is 21.8. The summed E-state index contributed by atoms with van der Waals surface area (Å²) in [5.41, 5.74) is 0. The van der Waals surface area contributed by atoms with Gasteiger partial charge in [-0.2, -0.15) is 0 Å². The standard InChI is InChI=1S/C15H40O5Si4/c1-16-15(17-2)21-11-14-23(7,8)20-22(5,6)12-10-13-24(9,18-3)19-4/h15H,10-14,21H2,1-9H3. The Labute approximate surface area is 155 Å². The van der Waals surface area contributed by atoms with E-state index in [1.165, 1.54) is 18.1 Å². The van der Waals surface area contributed by atoms with Crippen molar-refractivity contribution >= 4 is 34.7 Å². The summed E-state index contributed by atoms with van der Waals surface area (Å²) in [6.07, 6.45) is 1.14. The molecule has 0 aromatic heterocycles. The van der Waals surface area contributed by atoms with Crippen LogP contribution in [0, 0.1) is 0 Å². The van der Waals surface area contributed by atoms with Crippen molar-refractivity contribution in [3.05, 3.63) is 0 Å². The van der Waals surface area contributed by atoms with Gasteiger partial charge in [0.25, 0.3) is 0 Å². The molecule has 0 radical (unpaired) electrons. The molecular formula is C15H40O5Si4. The van der Waals surface area contributed by atoms with Gasteiger partial charge in [-0.25, -0.2) is 0 Å². The largest absolute Gasteiger partial charge is 0.456 e. The predicted molar refractivity (Wildman–Crippen MR) is 112 cm³/mol. The molecule has 9 heteroatoms. The number of ether oxygens (including phenoxy) is 2. The van der Waals surface area contributed by atoms with E-state index in [1.807, 2.05) is 0 Å². The highest BCUT2D eigenvalue weighted by molar-refractivity contribution is 6.85. The second kappa shape index (κ2) is 11.4. The van der Waals surface area contributed by atoms with Crippen LogP contribution in [0.5, 0.6) is 0 Å². The molecule has 5 nitrogen and oxygen atoms in total. The minimum atomic E-state index is -1.94. The van der Waals surface area contributed by atoms with Crippen LogP contribution in [-0.2, 0) is 22.4 Å². The van der Waals surface area contributed by atoms with Crippen molar-refractivity contribution in [2.24, 2.45) is 0 Å². The summed E-state index contributed by atoms with van der Waals surface area (Å²) in [5, 5.41) is 0. The van der Waals surface area contributed by atoms with Crippen LogP contribution in [0.2, 0.25) is 56.9 Å². The molecule has 0 fully saturated rings. The van der Waals surface area contributed by atoms with E-state index in [1.54, 1.807) is 28.4 Å². The maximum atomic E-state index is 6.71. The second-order valence-electron chi connectivity index (χ2n) is 7.81. The Morgan fingerprint density at radius 1 is 0.750 bits per heavy atom. The molecule has 0 saturated heterocycles. The molecule has 0 bridgehead atoms. The third-order valence-corrected chi connectivity index (χ3v) is 17.7. The van der Waals surface area contributed by atoms with Gasteiger partial charge in [0, 0.05) is 28.4 Å². The van der Waals surface area contributed by atoms with E-state index >= 15 is 0 Å². The quantitative estimate of drug-likeness (QED) is 0.323. The number of hydrogen-bond donors (Lipinski definition) is 0. The van der Waals surface area contributed by atoms with Crippen LogP contribution < -0.4 is 0 Å². The van der Waals surface area contributed by atoms with Gasteiger partial charge in [-0.05, 0) is 50.9 Å². The Bertz CT molecular complexity index is 334. The molecule has 0 aliphatic rings. The summed E-state index contributed by atoms with van der Waals surface area (Å²) in [6.45, 7) is 11.5. The summed E-state index contributed by atoms with van der Waals surface area (Å²) >= 11 is 0. The van der Waals surface area contributed by atoms with E-state index in [-0.39, 0.29) is 15.4 Å². The van der Waals surface area contributed by atoms with Crippen molar-refractivity contribution in [2.75, 3.05) is 28.4 Å². The lowest BCUT2D eigenvalue weighted by atomic mass is 10.6. The predicted octanol–water partition coefficient (Wildman–Crippen LogP) is 3.33. The normalized spacial score (nSPS) is 14.2. The number of rotatable bonds is 14. The van der Waals surface area contributed by atoms with Gasteiger partial charge in [0.15, 0.2) is 16.6 Å². The summed E-state index contributed by atoms with van der Waals surface area (Å²) in [7, 11) is 1.46. The molecule has 0 rings (SSSR count). The maximum absolute atomic E-state index is 6.71. The van der Waals surface area contributed by atoms with Gasteiger partial charge < -0.3 is 22.4 Å². The first-order valence-corrected chi connectivity index (χ1v) is 19.5. The van der Waals surface area contributed by atoms with Crippen molar-refractivity contribution < 1.29 is 22.4 Å². The first kappa shape index (κ1) is 24.7. The van der Waals surface area contributed by atoms with Crippen molar-refractivity contribution in [3.63, 3.8) is 0 Å². The highest BCUT2D eigenvalue weighted by atomic mass is 28.4. The summed E-state index contributed by atoms with van der Waals surface area (Å²) in [5.74, 6) is 0.0470. The Morgan fingerprint density at radius 3 is 1.71 bits per heavy atom. The van der Waals surface area contributed by atoms with E-state index in [0.717, 1.165) is 12.5 Å². The Hall–Kier alpha value is 0.668. The van der Waals surface area contributed by atoms with Crippen LogP contribution in [0.25, 0.3) is 0 Å². The molecule has 146 valence electrons. The first-order valence-electron chi connectivity index (χ1n) is 8.89. The monoisotopic (exact) mass is 412 g/mol. The third-order valence-electron chi connectivity index (χ3n) is 4.57. The molecule has 0 saturated carbocycles. The molecule has 0 heterocycles. The van der Waals surface area contributed by atoms with Gasteiger partial charge in [-0.15, -0.1) is 0 Å². The van der Waals surface area contributed by atoms with Gasteiger partial charge in [0.2, 0.25) is 0 Å². The van der Waals surface area contributed by atoms with E-state index in [9.17, 15) is 0 Å². The first-order chi connectivity index (χ1) is 11.0. The third kappa shape index (κ3) is 10.6. The summed E-state index contributed by atoms with van der Waals surface area (Å²) in [4.78, 5) is 0. The Balaban J connectivity index is 4.30. The average molecular weight is 413 g/mol. The van der Waals surface area contributed by atoms with Gasteiger partial charge in [0.1, 0.15) is 5.91 Å². The molecule has 0 atom stereocenters. The van der Waals surface area contributed by atoms with E-state index in [2.05, 4.69) is 32.7 Å². The highest BCUT2D eigenvalue weighted by Crippen LogP contribution is 2.26. The molecule has 0 unspecified atom stereocenters. The lowest BCUT2D eigenvalue weighted by Crippen LogP contribution is -2.45. The van der Waals surface area contributed by atoms with Gasteiger partial charge in [-0.1, -0.05) is 12.5 Å². The van der Waals surface area contributed by atoms with Crippen molar-refractivity contribution in [2.45, 2.75) is 69.2 Å². The lowest BCUT2D eigenvalue weighted by molar-refractivity contribution is -0.0440. The Morgan fingerprint density at radius 2 is 1.25 bits per heavy atom. The highest BCUT2D eigenvalue weighted by Gasteiger charge is 2.34. The SMILES string of the molecule is COC(OC)[SiH2]CC[Si](C)(C)O[Si](C)(C)CCC[Si](C)(OC)OC. The van der Waals surface area contributed by atoms with E-state index in [0.29, 0.717) is 0 Å². The van der Waals surface area contributed by atoms with Crippen molar-refractivity contribution in [3.8, 4) is 0 Å².